The molecule has 1 saturated carbocycles. The van der Waals surface area contributed by atoms with Crippen LogP contribution >= 0.6 is 0 Å². The summed E-state index contributed by atoms with van der Waals surface area (Å²) in [4.78, 5) is 23.1. The third-order valence-electron chi connectivity index (χ3n) is 7.06. The first-order valence-electron chi connectivity index (χ1n) is 13.5. The van der Waals surface area contributed by atoms with Crippen LogP contribution < -0.4 is 9.47 Å². The molecule has 0 radical (unpaired) electrons. The third kappa shape index (κ3) is 8.22. The average Bonchev–Trinajstić information content (AvgIpc) is 2.88. The van der Waals surface area contributed by atoms with Gasteiger partial charge in [0.15, 0.2) is 0 Å². The number of carbonyl (C=O) groups is 2. The zero-order chi connectivity index (χ0) is 28.6. The number of hydrogen-bond acceptors (Lipinski definition) is 6. The van der Waals surface area contributed by atoms with Gasteiger partial charge in [0.25, 0.3) is 0 Å². The van der Waals surface area contributed by atoms with E-state index in [9.17, 15) is 9.59 Å². The molecule has 39 heavy (non-hydrogen) atoms. The van der Waals surface area contributed by atoms with E-state index in [1.54, 1.807) is 13.8 Å². The summed E-state index contributed by atoms with van der Waals surface area (Å²) in [7, 11) is 0. The number of rotatable bonds is 12. The van der Waals surface area contributed by atoms with Crippen molar-refractivity contribution in [2.24, 2.45) is 11.3 Å². The van der Waals surface area contributed by atoms with Crippen molar-refractivity contribution in [1.29, 1.82) is 0 Å². The number of esters is 2. The van der Waals surface area contributed by atoms with E-state index < -0.39 is 11.9 Å². The first-order valence-corrected chi connectivity index (χ1v) is 13.5. The van der Waals surface area contributed by atoms with Crippen molar-refractivity contribution in [2.75, 3.05) is 26.4 Å². The van der Waals surface area contributed by atoms with Crippen molar-refractivity contribution in [3.05, 3.63) is 84.0 Å². The third-order valence-corrected chi connectivity index (χ3v) is 7.06. The maximum atomic E-state index is 11.6. The summed E-state index contributed by atoms with van der Waals surface area (Å²) in [5.74, 6) is 1.21. The Bertz CT molecular complexity index is 1080. The number of benzene rings is 2. The lowest BCUT2D eigenvalue weighted by atomic mass is 9.55. The molecule has 1 atom stereocenters. The van der Waals surface area contributed by atoms with Gasteiger partial charge in [0.2, 0.25) is 0 Å². The van der Waals surface area contributed by atoms with Crippen molar-refractivity contribution in [1.82, 2.24) is 0 Å². The maximum Gasteiger partial charge on any atom is 0.333 e. The molecule has 0 heterocycles. The van der Waals surface area contributed by atoms with Gasteiger partial charge in [-0.1, -0.05) is 58.2 Å². The number of ether oxygens (including phenoxy) is 4. The molecule has 1 aliphatic carbocycles. The van der Waals surface area contributed by atoms with Gasteiger partial charge in [-0.2, -0.15) is 0 Å². The topological polar surface area (TPSA) is 71.1 Å². The minimum atomic E-state index is -0.410. The summed E-state index contributed by atoms with van der Waals surface area (Å²) in [6.07, 6.45) is 3.26. The van der Waals surface area contributed by atoms with Gasteiger partial charge in [0.05, 0.1) is 0 Å². The molecule has 3 rings (SSSR count). The van der Waals surface area contributed by atoms with Gasteiger partial charge < -0.3 is 18.9 Å². The summed E-state index contributed by atoms with van der Waals surface area (Å²) in [6, 6.07) is 16.6. The average molecular weight is 535 g/mol. The van der Waals surface area contributed by atoms with Gasteiger partial charge in [-0.25, -0.2) is 9.59 Å². The van der Waals surface area contributed by atoms with E-state index in [4.69, 9.17) is 18.9 Å². The monoisotopic (exact) mass is 534 g/mol. The first-order chi connectivity index (χ1) is 18.4. The van der Waals surface area contributed by atoms with Crippen molar-refractivity contribution >= 4 is 11.9 Å². The first kappa shape index (κ1) is 30.0. The molecule has 2 aromatic rings. The summed E-state index contributed by atoms with van der Waals surface area (Å²) >= 11 is 0. The van der Waals surface area contributed by atoms with E-state index >= 15 is 0 Å². The number of hydrogen-bond donors (Lipinski definition) is 0. The van der Waals surface area contributed by atoms with E-state index in [1.165, 1.54) is 17.5 Å². The zero-order valence-corrected chi connectivity index (χ0v) is 24.0. The van der Waals surface area contributed by atoms with Crippen LogP contribution in [0, 0.1) is 11.3 Å². The van der Waals surface area contributed by atoms with Gasteiger partial charge >= 0.3 is 11.9 Å². The molecule has 6 nitrogen and oxygen atoms in total. The molecule has 210 valence electrons. The summed E-state index contributed by atoms with van der Waals surface area (Å²) in [5.41, 5.74) is 3.29. The van der Waals surface area contributed by atoms with Gasteiger partial charge in [0.1, 0.15) is 37.9 Å². The van der Waals surface area contributed by atoms with E-state index in [2.05, 4.69) is 58.2 Å². The number of carbonyl (C=O) groups excluding carboxylic acids is 2. The van der Waals surface area contributed by atoms with Crippen LogP contribution in [0.3, 0.4) is 0 Å². The second kappa shape index (κ2) is 13.0. The molecule has 0 saturated heterocycles. The predicted octanol–water partition coefficient (Wildman–Crippen LogP) is 6.82. The summed E-state index contributed by atoms with van der Waals surface area (Å²) in [6.45, 7) is 18.4. The SMILES string of the molecule is C=C(C)C(=O)OCCOc1ccc(C2(c3ccc(OCCOC(=O)C(=C)C)cc3)CC(C)CC(C)(C)C2)cc1. The smallest absolute Gasteiger partial charge is 0.333 e. The van der Waals surface area contributed by atoms with E-state index in [-0.39, 0.29) is 37.3 Å². The highest BCUT2D eigenvalue weighted by Gasteiger charge is 2.45. The molecule has 0 N–H and O–H groups in total. The lowest BCUT2D eigenvalue weighted by Gasteiger charge is -2.48. The molecule has 2 aromatic carbocycles. The molecular formula is C33H42O6. The van der Waals surface area contributed by atoms with Crippen LogP contribution in [0.15, 0.2) is 72.8 Å². The van der Waals surface area contributed by atoms with Crippen LogP contribution in [0.4, 0.5) is 0 Å². The highest BCUT2D eigenvalue weighted by atomic mass is 16.6. The fourth-order valence-electron chi connectivity index (χ4n) is 5.75. The lowest BCUT2D eigenvalue weighted by Crippen LogP contribution is -2.41. The molecule has 0 aromatic heterocycles. The minimum Gasteiger partial charge on any atom is -0.490 e. The second-order valence-electron chi connectivity index (χ2n) is 11.5. The Labute approximate surface area is 233 Å². The molecular weight excluding hydrogens is 492 g/mol. The predicted molar refractivity (Wildman–Crippen MR) is 153 cm³/mol. The molecule has 0 bridgehead atoms. The Balaban J connectivity index is 1.74. The van der Waals surface area contributed by atoms with Crippen molar-refractivity contribution in [3.63, 3.8) is 0 Å². The van der Waals surface area contributed by atoms with Gasteiger partial charge in [-0.3, -0.25) is 0 Å². The van der Waals surface area contributed by atoms with Gasteiger partial charge in [0, 0.05) is 16.6 Å². The van der Waals surface area contributed by atoms with Crippen LogP contribution in [0.25, 0.3) is 0 Å². The molecule has 1 unspecified atom stereocenters. The Hall–Kier alpha value is -3.54. The highest BCUT2D eigenvalue weighted by Crippen LogP contribution is 2.53. The van der Waals surface area contributed by atoms with E-state index in [1.807, 2.05) is 24.3 Å². The Morgan fingerprint density at radius 3 is 1.51 bits per heavy atom. The highest BCUT2D eigenvalue weighted by molar-refractivity contribution is 5.87. The molecule has 6 heteroatoms. The van der Waals surface area contributed by atoms with Gasteiger partial charge in [-0.15, -0.1) is 0 Å². The van der Waals surface area contributed by atoms with Crippen molar-refractivity contribution < 1.29 is 28.5 Å². The van der Waals surface area contributed by atoms with Crippen LogP contribution in [-0.2, 0) is 24.5 Å². The Morgan fingerprint density at radius 2 is 1.15 bits per heavy atom. The minimum absolute atomic E-state index is 0.147. The molecule has 1 aliphatic rings. The second-order valence-corrected chi connectivity index (χ2v) is 11.5. The molecule has 0 aliphatic heterocycles. The maximum absolute atomic E-state index is 11.6. The molecule has 0 amide bonds. The van der Waals surface area contributed by atoms with Crippen molar-refractivity contribution in [3.8, 4) is 11.5 Å². The standard InChI is InChI=1S/C33H42O6/c1-23(2)30(34)38-18-16-36-28-12-8-26(9-13-28)33(21-25(5)20-32(6,7)22-33)27-10-14-29(15-11-27)37-17-19-39-31(35)24(3)4/h8-15,25H,1,3,16-22H2,2,4-7H3. The fourth-order valence-corrected chi connectivity index (χ4v) is 5.75. The van der Waals surface area contributed by atoms with Crippen LogP contribution in [0.5, 0.6) is 11.5 Å². The van der Waals surface area contributed by atoms with E-state index in [0.717, 1.165) is 24.3 Å². The van der Waals surface area contributed by atoms with E-state index in [0.29, 0.717) is 17.1 Å². The zero-order valence-electron chi connectivity index (χ0n) is 24.0. The lowest BCUT2D eigenvalue weighted by molar-refractivity contribution is -0.140. The summed E-state index contributed by atoms with van der Waals surface area (Å²) < 4.78 is 21.8. The quantitative estimate of drug-likeness (QED) is 0.169. The normalized spacial score (nSPS) is 17.5. The Morgan fingerprint density at radius 1 is 0.744 bits per heavy atom. The largest absolute Gasteiger partial charge is 0.490 e. The molecule has 1 fully saturated rings. The van der Waals surface area contributed by atoms with Crippen LogP contribution in [0.1, 0.15) is 65.0 Å². The van der Waals surface area contributed by atoms with Crippen LogP contribution in [-0.4, -0.2) is 38.4 Å². The van der Waals surface area contributed by atoms with Gasteiger partial charge in [-0.05, 0) is 79.8 Å². The van der Waals surface area contributed by atoms with Crippen LogP contribution in [0.2, 0.25) is 0 Å². The summed E-state index contributed by atoms with van der Waals surface area (Å²) in [5, 5.41) is 0. The van der Waals surface area contributed by atoms with Crippen molar-refractivity contribution in [2.45, 2.75) is 59.3 Å². The fraction of sp³-hybridized carbons (Fsp3) is 0.455. The molecule has 0 spiro atoms. The Kier molecular flexibility index (Phi) is 10.0.